The van der Waals surface area contributed by atoms with E-state index < -0.39 is 0 Å². The van der Waals surface area contributed by atoms with Crippen LogP contribution < -0.4 is 0 Å². The third kappa shape index (κ3) is 2.85. The second-order valence-electron chi connectivity index (χ2n) is 4.09. The Hall–Kier alpha value is -1.48. The van der Waals surface area contributed by atoms with E-state index in [1.54, 1.807) is 0 Å². The molecule has 2 nitrogen and oxygen atoms in total. The Bertz CT molecular complexity index is 502. The maximum Gasteiger partial charge on any atom is 0.0958 e. The number of aromatic nitrogens is 2. The third-order valence-electron chi connectivity index (χ3n) is 2.86. The van der Waals surface area contributed by atoms with Crippen LogP contribution in [-0.2, 0) is 13.0 Å². The van der Waals surface area contributed by atoms with Crippen LogP contribution >= 0.6 is 11.8 Å². The molecule has 0 spiro atoms. The van der Waals surface area contributed by atoms with E-state index >= 15 is 0 Å². The fourth-order valence-corrected chi connectivity index (χ4v) is 2.40. The second kappa shape index (κ2) is 6.45. The van der Waals surface area contributed by atoms with Gasteiger partial charge in [-0.25, -0.2) is 4.98 Å². The number of allylic oxidation sites excluding steroid dienone is 1. The summed E-state index contributed by atoms with van der Waals surface area (Å²) in [5.74, 6) is 1.11. The van der Waals surface area contributed by atoms with E-state index in [1.165, 1.54) is 11.3 Å². The van der Waals surface area contributed by atoms with Crippen LogP contribution in [0.1, 0.15) is 5.69 Å². The van der Waals surface area contributed by atoms with Crippen LogP contribution in [0.2, 0.25) is 0 Å². The van der Waals surface area contributed by atoms with Crippen molar-refractivity contribution in [3.8, 4) is 11.3 Å². The van der Waals surface area contributed by atoms with Gasteiger partial charge in [-0.3, -0.25) is 0 Å². The highest BCUT2D eigenvalue weighted by atomic mass is 32.2. The Morgan fingerprint density at radius 1 is 1.33 bits per heavy atom. The zero-order valence-electron chi connectivity index (χ0n) is 10.7. The number of thioether (sulfide) groups is 1. The molecule has 0 aliphatic rings. The average molecular weight is 258 g/mol. The van der Waals surface area contributed by atoms with E-state index in [9.17, 15) is 0 Å². The molecule has 18 heavy (non-hydrogen) atoms. The molecule has 0 fully saturated rings. The fourth-order valence-electron chi connectivity index (χ4n) is 2.00. The maximum atomic E-state index is 4.56. The van der Waals surface area contributed by atoms with Crippen LogP contribution in [0.5, 0.6) is 0 Å². The van der Waals surface area contributed by atoms with Crippen molar-refractivity contribution in [3.05, 3.63) is 55.0 Å². The van der Waals surface area contributed by atoms with Gasteiger partial charge in [0.2, 0.25) is 0 Å². The van der Waals surface area contributed by atoms with E-state index in [4.69, 9.17) is 0 Å². The summed E-state index contributed by atoms with van der Waals surface area (Å²) in [5.41, 5.74) is 3.60. The van der Waals surface area contributed by atoms with Crippen molar-refractivity contribution in [3.63, 3.8) is 0 Å². The standard InChI is InChI=1S/C15H18N2S/c1-3-10-17-12-16-15(14(17)9-11-18-2)13-7-5-4-6-8-13/h3-8,12H,1,9-11H2,2H3. The fraction of sp³-hybridized carbons (Fsp3) is 0.267. The number of imidazole rings is 1. The molecule has 0 atom stereocenters. The summed E-state index contributed by atoms with van der Waals surface area (Å²) in [7, 11) is 0. The summed E-state index contributed by atoms with van der Waals surface area (Å²) in [6.07, 6.45) is 7.01. The van der Waals surface area contributed by atoms with Gasteiger partial charge in [-0.15, -0.1) is 6.58 Å². The van der Waals surface area contributed by atoms with Gasteiger partial charge in [-0.1, -0.05) is 36.4 Å². The Morgan fingerprint density at radius 2 is 2.11 bits per heavy atom. The van der Waals surface area contributed by atoms with Gasteiger partial charge in [0.25, 0.3) is 0 Å². The van der Waals surface area contributed by atoms with Crippen molar-refractivity contribution in [2.24, 2.45) is 0 Å². The molecule has 0 aliphatic heterocycles. The van der Waals surface area contributed by atoms with Gasteiger partial charge in [-0.2, -0.15) is 11.8 Å². The molecular formula is C15H18N2S. The van der Waals surface area contributed by atoms with Gasteiger partial charge >= 0.3 is 0 Å². The van der Waals surface area contributed by atoms with Gasteiger partial charge in [0.1, 0.15) is 0 Å². The first-order chi connectivity index (χ1) is 8.86. The minimum Gasteiger partial charge on any atom is -0.330 e. The summed E-state index contributed by atoms with van der Waals surface area (Å²) in [6, 6.07) is 10.4. The van der Waals surface area contributed by atoms with Crippen molar-refractivity contribution in [1.29, 1.82) is 0 Å². The Morgan fingerprint density at radius 3 is 2.78 bits per heavy atom. The quantitative estimate of drug-likeness (QED) is 0.736. The summed E-state index contributed by atoms with van der Waals surface area (Å²) < 4.78 is 2.19. The van der Waals surface area contributed by atoms with Gasteiger partial charge < -0.3 is 4.57 Å². The van der Waals surface area contributed by atoms with Crippen LogP contribution in [0.25, 0.3) is 11.3 Å². The highest BCUT2D eigenvalue weighted by Gasteiger charge is 2.11. The highest BCUT2D eigenvalue weighted by molar-refractivity contribution is 7.98. The van der Waals surface area contributed by atoms with Crippen LogP contribution in [0, 0.1) is 0 Å². The average Bonchev–Trinajstić information content (AvgIpc) is 2.81. The molecule has 0 amide bonds. The van der Waals surface area contributed by atoms with Crippen LogP contribution in [0.3, 0.4) is 0 Å². The lowest BCUT2D eigenvalue weighted by Gasteiger charge is -2.07. The zero-order chi connectivity index (χ0) is 12.8. The lowest BCUT2D eigenvalue weighted by Crippen LogP contribution is -2.02. The number of benzene rings is 1. The topological polar surface area (TPSA) is 17.8 Å². The van der Waals surface area contributed by atoms with Crippen molar-refractivity contribution in [2.45, 2.75) is 13.0 Å². The smallest absolute Gasteiger partial charge is 0.0958 e. The van der Waals surface area contributed by atoms with Gasteiger partial charge in [0, 0.05) is 17.8 Å². The normalized spacial score (nSPS) is 10.5. The Balaban J connectivity index is 2.37. The molecule has 2 rings (SSSR count). The van der Waals surface area contributed by atoms with E-state index in [-0.39, 0.29) is 0 Å². The number of hydrogen-bond donors (Lipinski definition) is 0. The molecule has 94 valence electrons. The first-order valence-corrected chi connectivity index (χ1v) is 7.45. The van der Waals surface area contributed by atoms with Crippen LogP contribution in [0.4, 0.5) is 0 Å². The minimum absolute atomic E-state index is 0.823. The molecule has 1 aromatic heterocycles. The highest BCUT2D eigenvalue weighted by Crippen LogP contribution is 2.23. The second-order valence-corrected chi connectivity index (χ2v) is 5.08. The van der Waals surface area contributed by atoms with Crippen LogP contribution in [0.15, 0.2) is 49.3 Å². The summed E-state index contributed by atoms with van der Waals surface area (Å²) in [5, 5.41) is 0. The molecule has 3 heteroatoms. The summed E-state index contributed by atoms with van der Waals surface area (Å²) >= 11 is 1.86. The third-order valence-corrected chi connectivity index (χ3v) is 3.47. The Labute approximate surface area is 113 Å². The number of hydrogen-bond acceptors (Lipinski definition) is 2. The van der Waals surface area contributed by atoms with Gasteiger partial charge in [0.15, 0.2) is 0 Å². The first-order valence-electron chi connectivity index (χ1n) is 6.06. The molecule has 1 heterocycles. The number of rotatable bonds is 6. The molecule has 1 aromatic carbocycles. The van der Waals surface area contributed by atoms with E-state index in [1.807, 2.05) is 30.2 Å². The SMILES string of the molecule is C=CCn1cnc(-c2ccccc2)c1CCSC. The predicted octanol–water partition coefficient (Wildman–Crippen LogP) is 3.64. The molecule has 0 saturated heterocycles. The van der Waals surface area contributed by atoms with E-state index in [2.05, 4.69) is 46.7 Å². The summed E-state index contributed by atoms with van der Waals surface area (Å²) in [4.78, 5) is 4.56. The molecule has 2 aromatic rings. The van der Waals surface area contributed by atoms with Crippen LogP contribution in [-0.4, -0.2) is 21.6 Å². The molecule has 0 unspecified atom stereocenters. The van der Waals surface area contributed by atoms with Crippen molar-refractivity contribution < 1.29 is 0 Å². The lowest BCUT2D eigenvalue weighted by atomic mass is 10.1. The molecule has 0 bridgehead atoms. The van der Waals surface area contributed by atoms with E-state index in [0.29, 0.717) is 0 Å². The van der Waals surface area contributed by atoms with Crippen molar-refractivity contribution in [2.75, 3.05) is 12.0 Å². The molecule has 0 radical (unpaired) electrons. The van der Waals surface area contributed by atoms with E-state index in [0.717, 1.165) is 24.4 Å². The lowest BCUT2D eigenvalue weighted by molar-refractivity contribution is 0.768. The molecular weight excluding hydrogens is 240 g/mol. The maximum absolute atomic E-state index is 4.56. The van der Waals surface area contributed by atoms with Crippen molar-refractivity contribution in [1.82, 2.24) is 9.55 Å². The van der Waals surface area contributed by atoms with Crippen molar-refractivity contribution >= 4 is 11.8 Å². The molecule has 0 aliphatic carbocycles. The predicted molar refractivity (Wildman–Crippen MR) is 79.9 cm³/mol. The monoisotopic (exact) mass is 258 g/mol. The Kier molecular flexibility index (Phi) is 4.65. The first kappa shape index (κ1) is 13.0. The summed E-state index contributed by atoms with van der Waals surface area (Å²) in [6.45, 7) is 4.63. The largest absolute Gasteiger partial charge is 0.330 e. The van der Waals surface area contributed by atoms with Gasteiger partial charge in [-0.05, 0) is 18.4 Å². The number of nitrogens with zero attached hydrogens (tertiary/aromatic N) is 2. The minimum atomic E-state index is 0.823. The zero-order valence-corrected chi connectivity index (χ0v) is 11.5. The molecule has 0 N–H and O–H groups in total. The van der Waals surface area contributed by atoms with Gasteiger partial charge in [0.05, 0.1) is 12.0 Å². The molecule has 0 saturated carbocycles.